The van der Waals surface area contributed by atoms with Crippen LogP contribution in [-0.4, -0.2) is 22.4 Å². The highest BCUT2D eigenvalue weighted by molar-refractivity contribution is 5.97. The maximum Gasteiger partial charge on any atom is 0.275 e. The van der Waals surface area contributed by atoms with Crippen molar-refractivity contribution in [3.63, 3.8) is 0 Å². The van der Waals surface area contributed by atoms with Gasteiger partial charge in [-0.1, -0.05) is 6.07 Å². The van der Waals surface area contributed by atoms with Crippen LogP contribution in [0.4, 0.5) is 11.4 Å². The number of fused-ring (bicyclic) bond motifs is 1. The third-order valence-corrected chi connectivity index (χ3v) is 4.26. The van der Waals surface area contributed by atoms with Gasteiger partial charge in [-0.15, -0.1) is 0 Å². The fourth-order valence-electron chi connectivity index (χ4n) is 3.18. The van der Waals surface area contributed by atoms with Crippen molar-refractivity contribution in [1.29, 1.82) is 0 Å². The van der Waals surface area contributed by atoms with E-state index in [4.69, 9.17) is 0 Å². The summed E-state index contributed by atoms with van der Waals surface area (Å²) in [4.78, 5) is 29.3. The summed E-state index contributed by atoms with van der Waals surface area (Å²) in [5.41, 5.74) is 3.83. The zero-order valence-corrected chi connectivity index (χ0v) is 13.1. The average molecular weight is 311 g/mol. The van der Waals surface area contributed by atoms with Crippen LogP contribution < -0.4 is 4.90 Å². The standard InChI is InChI=1S/C17H17N3O3/c1-11-9-15-14(12(2)17(11)20(22)23)6-8-19(15)16(21)10-13-5-3-4-7-18-13/h3-5,7,9H,6,8,10H2,1-2H3. The van der Waals surface area contributed by atoms with Crippen LogP contribution >= 0.6 is 0 Å². The van der Waals surface area contributed by atoms with E-state index >= 15 is 0 Å². The van der Waals surface area contributed by atoms with Gasteiger partial charge in [0.15, 0.2) is 0 Å². The van der Waals surface area contributed by atoms with Crippen LogP contribution in [0.2, 0.25) is 0 Å². The zero-order chi connectivity index (χ0) is 16.6. The molecule has 0 atom stereocenters. The summed E-state index contributed by atoms with van der Waals surface area (Å²) in [5, 5.41) is 11.2. The van der Waals surface area contributed by atoms with Gasteiger partial charge in [0.25, 0.3) is 5.69 Å². The maximum atomic E-state index is 12.6. The molecule has 118 valence electrons. The summed E-state index contributed by atoms with van der Waals surface area (Å²) in [6.45, 7) is 4.03. The van der Waals surface area contributed by atoms with Gasteiger partial charge in [-0.05, 0) is 44.0 Å². The highest BCUT2D eigenvalue weighted by Gasteiger charge is 2.30. The van der Waals surface area contributed by atoms with Crippen molar-refractivity contribution in [2.45, 2.75) is 26.7 Å². The number of rotatable bonds is 3. The lowest BCUT2D eigenvalue weighted by atomic mass is 10.0. The Morgan fingerprint density at radius 1 is 1.39 bits per heavy atom. The van der Waals surface area contributed by atoms with Gasteiger partial charge in [0.1, 0.15) is 0 Å². The summed E-state index contributed by atoms with van der Waals surface area (Å²) in [6.07, 6.45) is 2.55. The van der Waals surface area contributed by atoms with Crippen molar-refractivity contribution in [2.75, 3.05) is 11.4 Å². The van der Waals surface area contributed by atoms with Crippen LogP contribution in [0.3, 0.4) is 0 Å². The summed E-state index contributed by atoms with van der Waals surface area (Å²) in [7, 11) is 0. The lowest BCUT2D eigenvalue weighted by molar-refractivity contribution is -0.386. The highest BCUT2D eigenvalue weighted by Crippen LogP contribution is 2.38. The molecule has 3 rings (SSSR count). The number of nitrogens with zero attached hydrogens (tertiary/aromatic N) is 3. The molecule has 0 unspecified atom stereocenters. The molecule has 0 N–H and O–H groups in total. The number of amides is 1. The Morgan fingerprint density at radius 2 is 2.17 bits per heavy atom. The van der Waals surface area contributed by atoms with Crippen LogP contribution in [0.15, 0.2) is 30.5 Å². The van der Waals surface area contributed by atoms with E-state index in [1.54, 1.807) is 31.0 Å². The number of carbonyl (C=O) groups excluding carboxylic acids is 1. The first-order valence-electron chi connectivity index (χ1n) is 7.46. The summed E-state index contributed by atoms with van der Waals surface area (Å²) in [6, 6.07) is 7.24. The molecule has 2 aromatic rings. The van der Waals surface area contributed by atoms with Gasteiger partial charge in [-0.3, -0.25) is 19.9 Å². The Hall–Kier alpha value is -2.76. The molecule has 0 fully saturated rings. The molecule has 6 nitrogen and oxygen atoms in total. The molecule has 0 spiro atoms. The van der Waals surface area contributed by atoms with Gasteiger partial charge in [0, 0.05) is 35.2 Å². The fraction of sp³-hybridized carbons (Fsp3) is 0.294. The van der Waals surface area contributed by atoms with E-state index in [9.17, 15) is 14.9 Å². The van der Waals surface area contributed by atoms with Crippen molar-refractivity contribution in [3.05, 3.63) is 63.0 Å². The number of pyridine rings is 1. The molecule has 1 aliphatic rings. The molecule has 0 bridgehead atoms. The summed E-state index contributed by atoms with van der Waals surface area (Å²) < 4.78 is 0. The Balaban J connectivity index is 1.93. The molecule has 6 heteroatoms. The van der Waals surface area contributed by atoms with Crippen LogP contribution in [0.1, 0.15) is 22.4 Å². The SMILES string of the molecule is Cc1cc2c(c(C)c1[N+](=O)[O-])CCN2C(=O)Cc1ccccn1. The topological polar surface area (TPSA) is 76.3 Å². The molecule has 1 aliphatic heterocycles. The van der Waals surface area contributed by atoms with Gasteiger partial charge in [-0.2, -0.15) is 0 Å². The number of benzene rings is 1. The largest absolute Gasteiger partial charge is 0.311 e. The number of aromatic nitrogens is 1. The van der Waals surface area contributed by atoms with E-state index < -0.39 is 0 Å². The molecule has 0 radical (unpaired) electrons. The monoisotopic (exact) mass is 311 g/mol. The molecule has 2 heterocycles. The predicted molar refractivity (Wildman–Crippen MR) is 86.6 cm³/mol. The molecule has 1 amide bonds. The number of nitro groups is 1. The Bertz CT molecular complexity index is 787. The van der Waals surface area contributed by atoms with Crippen molar-refractivity contribution < 1.29 is 9.72 Å². The number of hydrogen-bond donors (Lipinski definition) is 0. The molecule has 0 saturated carbocycles. The van der Waals surface area contributed by atoms with Crippen molar-refractivity contribution >= 4 is 17.3 Å². The Labute approximate surface area is 133 Å². The Kier molecular flexibility index (Phi) is 3.82. The maximum absolute atomic E-state index is 12.6. The molecular weight excluding hydrogens is 294 g/mol. The quantitative estimate of drug-likeness (QED) is 0.645. The minimum absolute atomic E-state index is 0.0323. The summed E-state index contributed by atoms with van der Waals surface area (Å²) >= 11 is 0. The first kappa shape index (κ1) is 15.1. The van der Waals surface area contributed by atoms with Gasteiger partial charge >= 0.3 is 0 Å². The van der Waals surface area contributed by atoms with Crippen molar-refractivity contribution in [2.24, 2.45) is 0 Å². The minimum atomic E-state index is -0.344. The van der Waals surface area contributed by atoms with E-state index in [1.807, 2.05) is 18.2 Å². The third-order valence-electron chi connectivity index (χ3n) is 4.26. The van der Waals surface area contributed by atoms with Crippen molar-refractivity contribution in [3.8, 4) is 0 Å². The summed E-state index contributed by atoms with van der Waals surface area (Å²) in [5.74, 6) is -0.0323. The zero-order valence-electron chi connectivity index (χ0n) is 13.1. The number of carbonyl (C=O) groups is 1. The third kappa shape index (κ3) is 2.67. The van der Waals surface area contributed by atoms with E-state index in [-0.39, 0.29) is 22.9 Å². The number of aryl methyl sites for hydroxylation is 1. The predicted octanol–water partition coefficient (Wildman–Crippen LogP) is 2.74. The Morgan fingerprint density at radius 3 is 2.83 bits per heavy atom. The number of anilines is 1. The number of hydrogen-bond acceptors (Lipinski definition) is 4. The normalized spacial score (nSPS) is 13.0. The van der Waals surface area contributed by atoms with E-state index in [1.165, 1.54) is 0 Å². The van der Waals surface area contributed by atoms with Crippen LogP contribution in [0.5, 0.6) is 0 Å². The average Bonchev–Trinajstić information content (AvgIpc) is 2.92. The second-order valence-electron chi connectivity index (χ2n) is 5.72. The van der Waals surface area contributed by atoms with Gasteiger partial charge < -0.3 is 4.90 Å². The van der Waals surface area contributed by atoms with E-state index in [0.717, 1.165) is 16.9 Å². The molecule has 0 aliphatic carbocycles. The second kappa shape index (κ2) is 5.79. The fourth-order valence-corrected chi connectivity index (χ4v) is 3.18. The minimum Gasteiger partial charge on any atom is -0.311 e. The van der Waals surface area contributed by atoms with E-state index in [2.05, 4.69) is 4.98 Å². The van der Waals surface area contributed by atoms with Gasteiger partial charge in [0.05, 0.1) is 11.3 Å². The highest BCUT2D eigenvalue weighted by atomic mass is 16.6. The molecule has 0 saturated heterocycles. The van der Waals surface area contributed by atoms with Crippen LogP contribution in [-0.2, 0) is 17.6 Å². The first-order valence-corrected chi connectivity index (χ1v) is 7.46. The first-order chi connectivity index (χ1) is 11.0. The van der Waals surface area contributed by atoms with Gasteiger partial charge in [0.2, 0.25) is 5.91 Å². The molecular formula is C17H17N3O3. The second-order valence-corrected chi connectivity index (χ2v) is 5.72. The van der Waals surface area contributed by atoms with Crippen molar-refractivity contribution in [1.82, 2.24) is 4.98 Å². The molecule has 23 heavy (non-hydrogen) atoms. The van der Waals surface area contributed by atoms with Crippen LogP contribution in [0, 0.1) is 24.0 Å². The lowest BCUT2D eigenvalue weighted by Gasteiger charge is -2.18. The van der Waals surface area contributed by atoms with Gasteiger partial charge in [-0.25, -0.2) is 0 Å². The lowest BCUT2D eigenvalue weighted by Crippen LogP contribution is -2.30. The van der Waals surface area contributed by atoms with Crippen LogP contribution in [0.25, 0.3) is 0 Å². The smallest absolute Gasteiger partial charge is 0.275 e. The molecule has 1 aromatic heterocycles. The number of nitro benzene ring substituents is 1. The molecule has 1 aromatic carbocycles. The van der Waals surface area contributed by atoms with E-state index in [0.29, 0.717) is 24.1 Å².